The second kappa shape index (κ2) is 5.65. The number of aromatic nitrogens is 1. The Hall–Kier alpha value is -1.43. The van der Waals surface area contributed by atoms with E-state index in [0.29, 0.717) is 24.9 Å². The van der Waals surface area contributed by atoms with Crippen LogP contribution in [0.3, 0.4) is 0 Å². The van der Waals surface area contributed by atoms with Crippen molar-refractivity contribution in [2.45, 2.75) is 50.4 Å². The van der Waals surface area contributed by atoms with Gasteiger partial charge in [0.25, 0.3) is 0 Å². The summed E-state index contributed by atoms with van der Waals surface area (Å²) in [6, 6.07) is 1.52. The molecule has 0 saturated carbocycles. The van der Waals surface area contributed by atoms with Crippen molar-refractivity contribution in [3.8, 4) is 0 Å². The van der Waals surface area contributed by atoms with Crippen molar-refractivity contribution in [1.29, 1.82) is 0 Å². The Bertz CT molecular complexity index is 559. The molecule has 3 nitrogen and oxygen atoms in total. The molecule has 3 rings (SSSR count). The van der Waals surface area contributed by atoms with Gasteiger partial charge in [-0.25, -0.2) is 0 Å². The number of Topliss-reactive ketones (excluding diaryl/α,β-unsaturated/α-hetero) is 1. The van der Waals surface area contributed by atoms with Crippen LogP contribution in [0, 0.1) is 5.92 Å². The molecule has 2 unspecified atom stereocenters. The predicted molar refractivity (Wildman–Crippen MR) is 75.5 cm³/mol. The van der Waals surface area contributed by atoms with Crippen molar-refractivity contribution >= 4 is 5.78 Å². The van der Waals surface area contributed by atoms with Crippen LogP contribution in [0.25, 0.3) is 0 Å². The monoisotopic (exact) mass is 312 g/mol. The highest BCUT2D eigenvalue weighted by Gasteiger charge is 2.41. The van der Waals surface area contributed by atoms with Crippen molar-refractivity contribution in [3.05, 3.63) is 29.6 Å². The number of pyridine rings is 1. The van der Waals surface area contributed by atoms with Crippen LogP contribution < -0.4 is 0 Å². The van der Waals surface area contributed by atoms with E-state index in [2.05, 4.69) is 16.9 Å². The summed E-state index contributed by atoms with van der Waals surface area (Å²) in [6.07, 6.45) is 2.13. The van der Waals surface area contributed by atoms with E-state index < -0.39 is 17.5 Å². The maximum Gasteiger partial charge on any atom is 0.417 e. The van der Waals surface area contributed by atoms with E-state index in [0.717, 1.165) is 37.7 Å². The summed E-state index contributed by atoms with van der Waals surface area (Å²) in [5.41, 5.74) is -1.14. The molecule has 3 heterocycles. The smallest absolute Gasteiger partial charge is 0.300 e. The predicted octanol–water partition coefficient (Wildman–Crippen LogP) is 3.55. The fourth-order valence-corrected chi connectivity index (χ4v) is 3.89. The van der Waals surface area contributed by atoms with Gasteiger partial charge in [-0.05, 0) is 38.8 Å². The lowest BCUT2D eigenvalue weighted by atomic mass is 9.75. The van der Waals surface area contributed by atoms with E-state index >= 15 is 0 Å². The van der Waals surface area contributed by atoms with Crippen LogP contribution in [-0.4, -0.2) is 34.8 Å². The lowest BCUT2D eigenvalue weighted by Gasteiger charge is -2.46. The number of fused-ring (bicyclic) bond motifs is 2. The molecule has 0 spiro atoms. The molecule has 0 aliphatic carbocycles. The van der Waals surface area contributed by atoms with Gasteiger partial charge in [0.2, 0.25) is 0 Å². The number of piperidine rings is 2. The third kappa shape index (κ3) is 2.76. The van der Waals surface area contributed by atoms with Gasteiger partial charge in [-0.2, -0.15) is 13.2 Å². The largest absolute Gasteiger partial charge is 0.417 e. The Morgan fingerprint density at radius 2 is 1.91 bits per heavy atom. The summed E-state index contributed by atoms with van der Waals surface area (Å²) in [7, 11) is 2.06. The molecule has 2 aliphatic rings. The zero-order valence-electron chi connectivity index (χ0n) is 12.4. The Morgan fingerprint density at radius 3 is 2.50 bits per heavy atom. The number of alkyl halides is 3. The van der Waals surface area contributed by atoms with E-state index in [9.17, 15) is 18.0 Å². The van der Waals surface area contributed by atoms with Crippen LogP contribution >= 0.6 is 0 Å². The molecule has 2 saturated heterocycles. The van der Waals surface area contributed by atoms with Gasteiger partial charge >= 0.3 is 6.18 Å². The second-order valence-electron chi connectivity index (χ2n) is 6.36. The molecule has 22 heavy (non-hydrogen) atoms. The highest BCUT2D eigenvalue weighted by Crippen LogP contribution is 2.39. The van der Waals surface area contributed by atoms with E-state index in [1.54, 1.807) is 0 Å². The molecule has 1 aromatic heterocycles. The topological polar surface area (TPSA) is 33.2 Å². The highest BCUT2D eigenvalue weighted by atomic mass is 19.4. The van der Waals surface area contributed by atoms with Crippen LogP contribution in [0.2, 0.25) is 0 Å². The fraction of sp³-hybridized carbons (Fsp3) is 0.625. The fourth-order valence-electron chi connectivity index (χ4n) is 3.89. The Morgan fingerprint density at radius 1 is 1.27 bits per heavy atom. The first-order chi connectivity index (χ1) is 10.4. The molecule has 2 bridgehead atoms. The number of hydrogen-bond acceptors (Lipinski definition) is 3. The first-order valence-electron chi connectivity index (χ1n) is 7.65. The minimum Gasteiger partial charge on any atom is -0.300 e. The summed E-state index contributed by atoms with van der Waals surface area (Å²) >= 11 is 0. The summed E-state index contributed by atoms with van der Waals surface area (Å²) in [5.74, 6) is -0.720. The van der Waals surface area contributed by atoms with Crippen molar-refractivity contribution in [3.63, 3.8) is 0 Å². The molecule has 1 aromatic rings. The molecular formula is C16H19F3N2O. The molecular weight excluding hydrogens is 293 g/mol. The van der Waals surface area contributed by atoms with Crippen LogP contribution in [0.4, 0.5) is 13.2 Å². The number of carbonyl (C=O) groups is 1. The summed E-state index contributed by atoms with van der Waals surface area (Å²) in [6.45, 7) is 0. The third-order valence-corrected chi connectivity index (χ3v) is 5.10. The van der Waals surface area contributed by atoms with E-state index in [-0.39, 0.29) is 11.5 Å². The first kappa shape index (κ1) is 15.5. The molecule has 120 valence electrons. The van der Waals surface area contributed by atoms with Gasteiger partial charge in [-0.1, -0.05) is 6.42 Å². The van der Waals surface area contributed by atoms with Crippen molar-refractivity contribution in [2.24, 2.45) is 5.92 Å². The minimum atomic E-state index is -4.52. The molecule has 2 atom stereocenters. The van der Waals surface area contributed by atoms with Crippen LogP contribution in [0.5, 0.6) is 0 Å². The third-order valence-electron chi connectivity index (χ3n) is 5.10. The van der Waals surface area contributed by atoms with Gasteiger partial charge in [0.05, 0.1) is 5.56 Å². The standard InChI is InChI=1S/C16H19F3N2O/c1-21-11-3-2-4-12(21)8-10(7-11)15(22)13-9-20-6-5-14(13)16(17,18)19/h5-6,9-12H,2-4,7-8H2,1H3. The summed E-state index contributed by atoms with van der Waals surface area (Å²) in [5, 5.41) is 0. The Balaban J connectivity index is 1.86. The number of hydrogen-bond donors (Lipinski definition) is 0. The minimum absolute atomic E-state index is 0.275. The molecule has 0 radical (unpaired) electrons. The molecule has 0 aromatic carbocycles. The van der Waals surface area contributed by atoms with Crippen molar-refractivity contribution in [2.75, 3.05) is 7.05 Å². The molecule has 6 heteroatoms. The number of ketones is 1. The average molecular weight is 312 g/mol. The number of rotatable bonds is 2. The van der Waals surface area contributed by atoms with Gasteiger partial charge in [-0.3, -0.25) is 9.78 Å². The van der Waals surface area contributed by atoms with Gasteiger partial charge in [0, 0.05) is 36.0 Å². The summed E-state index contributed by atoms with van der Waals surface area (Å²) < 4.78 is 39.2. The van der Waals surface area contributed by atoms with E-state index in [4.69, 9.17) is 0 Å². The van der Waals surface area contributed by atoms with E-state index in [1.165, 1.54) is 0 Å². The second-order valence-corrected chi connectivity index (χ2v) is 6.36. The Kier molecular flexibility index (Phi) is 3.97. The van der Waals surface area contributed by atoms with Gasteiger partial charge < -0.3 is 4.90 Å². The van der Waals surface area contributed by atoms with Gasteiger partial charge in [-0.15, -0.1) is 0 Å². The highest BCUT2D eigenvalue weighted by molar-refractivity contribution is 5.99. The van der Waals surface area contributed by atoms with Gasteiger partial charge in [0.15, 0.2) is 5.78 Å². The quantitative estimate of drug-likeness (QED) is 0.783. The number of carbonyl (C=O) groups excluding carboxylic acids is 1. The summed E-state index contributed by atoms with van der Waals surface area (Å²) in [4.78, 5) is 18.7. The molecule has 0 N–H and O–H groups in total. The zero-order valence-corrected chi connectivity index (χ0v) is 12.4. The maximum atomic E-state index is 13.1. The Labute approximate surface area is 127 Å². The number of halogens is 3. The van der Waals surface area contributed by atoms with Crippen molar-refractivity contribution < 1.29 is 18.0 Å². The normalized spacial score (nSPS) is 29.4. The molecule has 2 fully saturated rings. The first-order valence-corrected chi connectivity index (χ1v) is 7.65. The maximum absolute atomic E-state index is 13.1. The lowest BCUT2D eigenvalue weighted by Crippen LogP contribution is -2.51. The van der Waals surface area contributed by atoms with Crippen molar-refractivity contribution in [1.82, 2.24) is 9.88 Å². The SMILES string of the molecule is CN1C2CCCC1CC(C(=O)c1cnccc1C(F)(F)F)C2. The van der Waals surface area contributed by atoms with Crippen LogP contribution in [0.15, 0.2) is 18.5 Å². The zero-order chi connectivity index (χ0) is 15.9. The molecule has 2 aliphatic heterocycles. The van der Waals surface area contributed by atoms with Crippen LogP contribution in [-0.2, 0) is 6.18 Å². The van der Waals surface area contributed by atoms with Crippen LogP contribution in [0.1, 0.15) is 48.0 Å². The number of nitrogens with zero attached hydrogens (tertiary/aromatic N) is 2. The van der Waals surface area contributed by atoms with E-state index in [1.807, 2.05) is 0 Å². The average Bonchev–Trinajstić information content (AvgIpc) is 2.45. The molecule has 0 amide bonds. The van der Waals surface area contributed by atoms with Gasteiger partial charge in [0.1, 0.15) is 0 Å². The lowest BCUT2D eigenvalue weighted by molar-refractivity contribution is -0.138.